The lowest BCUT2D eigenvalue weighted by Crippen LogP contribution is -2.28. The minimum atomic E-state index is -0.951. The van der Waals surface area contributed by atoms with E-state index in [9.17, 15) is 4.79 Å². The smallest absolute Gasteiger partial charge is 0.488 e. The Morgan fingerprint density at radius 3 is 2.12 bits per heavy atom. The van der Waals surface area contributed by atoms with E-state index in [2.05, 4.69) is 9.97 Å². The van der Waals surface area contributed by atoms with Crippen molar-refractivity contribution in [3.8, 4) is 11.5 Å². The van der Waals surface area contributed by atoms with E-state index in [1.165, 1.54) is 6.08 Å². The summed E-state index contributed by atoms with van der Waals surface area (Å²) in [6.07, 6.45) is 4.83. The van der Waals surface area contributed by atoms with Crippen molar-refractivity contribution in [2.75, 3.05) is 0 Å². The highest BCUT2D eigenvalue weighted by molar-refractivity contribution is 6.41. The first kappa shape index (κ1) is 14.3. The molecule has 1 aliphatic heterocycles. The molecule has 0 saturated carbocycles. The molecule has 0 bridgehead atoms. The number of fused-ring (bicyclic) bond motifs is 1. The second kappa shape index (κ2) is 6.04. The van der Waals surface area contributed by atoms with E-state index in [0.29, 0.717) is 28.6 Å². The number of aromatic amines is 2. The van der Waals surface area contributed by atoms with Crippen molar-refractivity contribution in [3.63, 3.8) is 0 Å². The first-order valence-corrected chi connectivity index (χ1v) is 7.42. The molecular weight excluding hydrogens is 307 g/mol. The summed E-state index contributed by atoms with van der Waals surface area (Å²) in [5, 5.41) is 0. The van der Waals surface area contributed by atoms with Gasteiger partial charge in [0.2, 0.25) is 5.78 Å². The van der Waals surface area contributed by atoms with E-state index >= 15 is 0 Å². The van der Waals surface area contributed by atoms with Crippen LogP contribution in [-0.2, 0) is 4.65 Å². The zero-order valence-corrected chi connectivity index (χ0v) is 12.6. The highest BCUT2D eigenvalue weighted by Gasteiger charge is 2.38. The predicted octanol–water partition coefficient (Wildman–Crippen LogP) is 3.04. The van der Waals surface area contributed by atoms with Crippen LogP contribution < -0.4 is 9.31 Å². The predicted molar refractivity (Wildman–Crippen MR) is 88.4 cm³/mol. The minimum absolute atomic E-state index is 0.208. The summed E-state index contributed by atoms with van der Waals surface area (Å²) in [5.74, 6) is 1.32. The maximum absolute atomic E-state index is 12.3. The van der Waals surface area contributed by atoms with Gasteiger partial charge in [-0.1, -0.05) is 12.1 Å². The largest absolute Gasteiger partial charge is 0.864 e. The number of H-pyrrole nitrogens is 2. The van der Waals surface area contributed by atoms with E-state index < -0.39 is 7.32 Å². The molecule has 0 unspecified atom stereocenters. The fourth-order valence-electron chi connectivity index (χ4n) is 2.37. The summed E-state index contributed by atoms with van der Waals surface area (Å²) in [7, 11) is -0.951. The topological polar surface area (TPSA) is 76.3 Å². The van der Waals surface area contributed by atoms with Crippen molar-refractivity contribution in [2.45, 2.75) is 0 Å². The summed E-state index contributed by atoms with van der Waals surface area (Å²) in [5.41, 5.74) is 1.12. The lowest BCUT2D eigenvalue weighted by Gasteiger charge is -2.10. The van der Waals surface area contributed by atoms with Crippen molar-refractivity contribution in [3.05, 3.63) is 78.4 Å². The van der Waals surface area contributed by atoms with Crippen molar-refractivity contribution in [1.29, 1.82) is 0 Å². The van der Waals surface area contributed by atoms with Crippen LogP contribution in [0.4, 0.5) is 0 Å². The Morgan fingerprint density at radius 2 is 1.54 bits per heavy atom. The Morgan fingerprint density at radius 1 is 0.917 bits per heavy atom. The number of para-hydroxylation sites is 2. The number of allylic oxidation sites excluding steroid dienone is 1. The van der Waals surface area contributed by atoms with Gasteiger partial charge in [0.25, 0.3) is 0 Å². The SMILES string of the molecule is O=C(/C=C(/OB1Oc2ccccc2O1)c1ccc[nH]1)c1ccc[nH]1. The number of aromatic nitrogens is 2. The van der Waals surface area contributed by atoms with Crippen molar-refractivity contribution >= 4 is 18.9 Å². The number of carbonyl (C=O) groups excluding carboxylic acids is 1. The third-order valence-electron chi connectivity index (χ3n) is 3.51. The second-order valence-corrected chi connectivity index (χ2v) is 5.13. The van der Waals surface area contributed by atoms with Gasteiger partial charge in [-0.25, -0.2) is 0 Å². The third kappa shape index (κ3) is 2.79. The molecule has 1 aliphatic rings. The fourth-order valence-corrected chi connectivity index (χ4v) is 2.37. The molecule has 4 rings (SSSR count). The van der Waals surface area contributed by atoms with E-state index in [1.807, 2.05) is 18.2 Å². The number of ketones is 1. The number of carbonyl (C=O) groups is 1. The van der Waals surface area contributed by atoms with Gasteiger partial charge in [0.1, 0.15) is 17.3 Å². The van der Waals surface area contributed by atoms with Gasteiger partial charge in [-0.05, 0) is 36.4 Å². The molecule has 2 N–H and O–H groups in total. The summed E-state index contributed by atoms with van der Waals surface area (Å²) >= 11 is 0. The fraction of sp³-hybridized carbons (Fsp3) is 0. The van der Waals surface area contributed by atoms with Gasteiger partial charge in [-0.15, -0.1) is 0 Å². The Bertz CT molecular complexity index is 847. The number of rotatable bonds is 5. The normalized spacial score (nSPS) is 13.2. The molecule has 3 heterocycles. The molecule has 24 heavy (non-hydrogen) atoms. The molecule has 0 aliphatic carbocycles. The van der Waals surface area contributed by atoms with Crippen LogP contribution in [0, 0.1) is 0 Å². The average Bonchev–Trinajstić information content (AvgIpc) is 3.33. The van der Waals surface area contributed by atoms with Crippen LogP contribution in [0.15, 0.2) is 67.0 Å². The van der Waals surface area contributed by atoms with Gasteiger partial charge in [0, 0.05) is 18.5 Å². The summed E-state index contributed by atoms with van der Waals surface area (Å²) < 4.78 is 16.9. The highest BCUT2D eigenvalue weighted by Crippen LogP contribution is 2.34. The van der Waals surface area contributed by atoms with Crippen LogP contribution >= 0.6 is 0 Å². The van der Waals surface area contributed by atoms with Gasteiger partial charge >= 0.3 is 7.32 Å². The zero-order chi connectivity index (χ0) is 16.4. The molecular formula is C17H13BN2O4. The minimum Gasteiger partial charge on any atom is -0.488 e. The van der Waals surface area contributed by atoms with Gasteiger partial charge in [0.15, 0.2) is 0 Å². The third-order valence-corrected chi connectivity index (χ3v) is 3.51. The molecule has 1 aromatic carbocycles. The average molecular weight is 320 g/mol. The number of benzene rings is 1. The Balaban J connectivity index is 1.57. The van der Waals surface area contributed by atoms with Crippen molar-refractivity contribution in [2.24, 2.45) is 0 Å². The van der Waals surface area contributed by atoms with E-state index in [4.69, 9.17) is 14.0 Å². The standard InChI is InChI=1S/C17H13BN2O4/c21-14(12-5-3-9-19-12)11-17(13-6-4-10-20-13)24-18-22-15-7-1-2-8-16(15)23-18/h1-11,19-20H/b17-11+. The quantitative estimate of drug-likeness (QED) is 0.328. The van der Waals surface area contributed by atoms with Crippen LogP contribution in [0.25, 0.3) is 5.76 Å². The van der Waals surface area contributed by atoms with Gasteiger partial charge in [-0.3, -0.25) is 4.79 Å². The molecule has 3 aromatic rings. The molecule has 118 valence electrons. The Kier molecular flexibility index (Phi) is 3.59. The molecule has 0 spiro atoms. The lowest BCUT2D eigenvalue weighted by molar-refractivity contribution is 0.104. The van der Waals surface area contributed by atoms with E-state index in [0.717, 1.165) is 0 Å². The first-order chi connectivity index (χ1) is 11.8. The van der Waals surface area contributed by atoms with Crippen LogP contribution in [-0.4, -0.2) is 23.1 Å². The van der Waals surface area contributed by atoms with E-state index in [1.54, 1.807) is 42.7 Å². The molecule has 0 radical (unpaired) electrons. The van der Waals surface area contributed by atoms with Gasteiger partial charge in [-0.2, -0.15) is 0 Å². The van der Waals surface area contributed by atoms with Crippen LogP contribution in [0.3, 0.4) is 0 Å². The first-order valence-electron chi connectivity index (χ1n) is 7.42. The molecule has 2 aromatic heterocycles. The molecule has 0 saturated heterocycles. The van der Waals surface area contributed by atoms with Crippen LogP contribution in [0.1, 0.15) is 16.2 Å². The molecule has 6 nitrogen and oxygen atoms in total. The maximum Gasteiger partial charge on any atom is 0.864 e. The van der Waals surface area contributed by atoms with Gasteiger partial charge < -0.3 is 23.9 Å². The van der Waals surface area contributed by atoms with Crippen molar-refractivity contribution in [1.82, 2.24) is 9.97 Å². The van der Waals surface area contributed by atoms with Gasteiger partial charge in [0.05, 0.1) is 11.4 Å². The number of hydrogen-bond acceptors (Lipinski definition) is 4. The monoisotopic (exact) mass is 320 g/mol. The summed E-state index contributed by atoms with van der Waals surface area (Å²) in [6.45, 7) is 0. The highest BCUT2D eigenvalue weighted by atomic mass is 16.8. The number of nitrogens with one attached hydrogen (secondary N) is 2. The van der Waals surface area contributed by atoms with Crippen LogP contribution in [0.5, 0.6) is 11.5 Å². The second-order valence-electron chi connectivity index (χ2n) is 5.13. The summed E-state index contributed by atoms with van der Waals surface area (Å²) in [6, 6.07) is 14.4. The van der Waals surface area contributed by atoms with E-state index in [-0.39, 0.29) is 5.78 Å². The Labute approximate surface area is 138 Å². The summed E-state index contributed by atoms with van der Waals surface area (Å²) in [4.78, 5) is 18.2. The van der Waals surface area contributed by atoms with Crippen LogP contribution in [0.2, 0.25) is 0 Å². The molecule has 7 heteroatoms. The lowest BCUT2D eigenvalue weighted by atomic mass is 10.2. The van der Waals surface area contributed by atoms with Crippen molar-refractivity contribution < 1.29 is 18.8 Å². The molecule has 0 fully saturated rings. The molecule has 0 atom stereocenters. The molecule has 0 amide bonds. The zero-order valence-electron chi connectivity index (χ0n) is 12.6. The number of hydrogen-bond donors (Lipinski definition) is 2. The Hall–Kier alpha value is -3.35. The maximum atomic E-state index is 12.3.